The standard InChI is InChI=1S/C12H21N3O4S2/c1-3-12(14-2)10-5-4-6-11(9-10)21(18,19)15-7-8-20(13,16)17/h4-6,9,12,14-15H,3,7-8H2,1-2H3,(H2,13,16,17). The maximum Gasteiger partial charge on any atom is 0.240 e. The second kappa shape index (κ2) is 7.32. The first kappa shape index (κ1) is 18.1. The monoisotopic (exact) mass is 335 g/mol. The number of benzene rings is 1. The molecule has 0 amide bonds. The lowest BCUT2D eigenvalue weighted by atomic mass is 10.1. The van der Waals surface area contributed by atoms with E-state index < -0.39 is 25.8 Å². The summed E-state index contributed by atoms with van der Waals surface area (Å²) in [5, 5.41) is 7.93. The van der Waals surface area contributed by atoms with Crippen molar-refractivity contribution in [1.29, 1.82) is 0 Å². The minimum Gasteiger partial charge on any atom is -0.313 e. The third kappa shape index (κ3) is 5.71. The van der Waals surface area contributed by atoms with Crippen LogP contribution >= 0.6 is 0 Å². The Morgan fingerprint density at radius 2 is 1.90 bits per heavy atom. The summed E-state index contributed by atoms with van der Waals surface area (Å²) in [4.78, 5) is 0.100. The summed E-state index contributed by atoms with van der Waals surface area (Å²) in [6.07, 6.45) is 0.818. The smallest absolute Gasteiger partial charge is 0.240 e. The van der Waals surface area contributed by atoms with Gasteiger partial charge in [-0.1, -0.05) is 19.1 Å². The van der Waals surface area contributed by atoms with Crippen molar-refractivity contribution in [1.82, 2.24) is 10.0 Å². The first-order chi connectivity index (χ1) is 9.69. The molecule has 0 aliphatic rings. The SMILES string of the molecule is CCC(NC)c1cccc(S(=O)(=O)NCCS(N)(=O)=O)c1. The zero-order chi connectivity index (χ0) is 16.1. The Labute approximate surface area is 126 Å². The average molecular weight is 335 g/mol. The zero-order valence-electron chi connectivity index (χ0n) is 12.0. The summed E-state index contributed by atoms with van der Waals surface area (Å²) in [5.41, 5.74) is 0.856. The van der Waals surface area contributed by atoms with Gasteiger partial charge in [-0.05, 0) is 31.2 Å². The van der Waals surface area contributed by atoms with Crippen LogP contribution in [0.4, 0.5) is 0 Å². The van der Waals surface area contributed by atoms with E-state index in [9.17, 15) is 16.8 Å². The summed E-state index contributed by atoms with van der Waals surface area (Å²) in [7, 11) is -5.64. The van der Waals surface area contributed by atoms with E-state index in [1.165, 1.54) is 6.07 Å². The van der Waals surface area contributed by atoms with Crippen LogP contribution in [0.1, 0.15) is 24.9 Å². The molecule has 1 rings (SSSR count). The predicted molar refractivity (Wildman–Crippen MR) is 81.7 cm³/mol. The highest BCUT2D eigenvalue weighted by Gasteiger charge is 2.16. The first-order valence-corrected chi connectivity index (χ1v) is 9.67. The van der Waals surface area contributed by atoms with Gasteiger partial charge in [0.1, 0.15) is 0 Å². The van der Waals surface area contributed by atoms with E-state index >= 15 is 0 Å². The number of rotatable bonds is 8. The van der Waals surface area contributed by atoms with Gasteiger partial charge >= 0.3 is 0 Å². The Morgan fingerprint density at radius 3 is 2.43 bits per heavy atom. The fourth-order valence-corrected chi connectivity index (χ4v) is 3.51. The van der Waals surface area contributed by atoms with Crippen molar-refractivity contribution in [2.24, 2.45) is 5.14 Å². The molecule has 120 valence electrons. The molecule has 1 aromatic rings. The highest BCUT2D eigenvalue weighted by molar-refractivity contribution is 7.90. The van der Waals surface area contributed by atoms with Crippen LogP contribution in [0.2, 0.25) is 0 Å². The van der Waals surface area contributed by atoms with Crippen molar-refractivity contribution in [3.8, 4) is 0 Å². The number of primary sulfonamides is 1. The average Bonchev–Trinajstić information content (AvgIpc) is 2.39. The summed E-state index contributed by atoms with van der Waals surface area (Å²) < 4.78 is 48.1. The van der Waals surface area contributed by atoms with Gasteiger partial charge in [-0.3, -0.25) is 0 Å². The number of hydrogen-bond donors (Lipinski definition) is 3. The van der Waals surface area contributed by atoms with Crippen molar-refractivity contribution in [3.05, 3.63) is 29.8 Å². The molecule has 0 bridgehead atoms. The molecule has 0 heterocycles. The first-order valence-electron chi connectivity index (χ1n) is 6.47. The quantitative estimate of drug-likeness (QED) is 0.614. The Balaban J connectivity index is 2.91. The van der Waals surface area contributed by atoms with Gasteiger partial charge in [0.15, 0.2) is 0 Å². The van der Waals surface area contributed by atoms with Crippen molar-refractivity contribution < 1.29 is 16.8 Å². The highest BCUT2D eigenvalue weighted by Crippen LogP contribution is 2.19. The summed E-state index contributed by atoms with van der Waals surface area (Å²) in [6.45, 7) is 1.74. The number of hydrogen-bond acceptors (Lipinski definition) is 5. The molecule has 7 nitrogen and oxygen atoms in total. The van der Waals surface area contributed by atoms with Crippen molar-refractivity contribution in [2.75, 3.05) is 19.3 Å². The van der Waals surface area contributed by atoms with Crippen LogP contribution in [-0.4, -0.2) is 36.2 Å². The van der Waals surface area contributed by atoms with Gasteiger partial charge in [0.2, 0.25) is 20.0 Å². The highest BCUT2D eigenvalue weighted by atomic mass is 32.2. The second-order valence-electron chi connectivity index (χ2n) is 4.59. The molecular formula is C12H21N3O4S2. The Morgan fingerprint density at radius 1 is 1.24 bits per heavy atom. The van der Waals surface area contributed by atoms with Crippen LogP contribution in [0, 0.1) is 0 Å². The molecular weight excluding hydrogens is 314 g/mol. The lowest BCUT2D eigenvalue weighted by Gasteiger charge is -2.15. The minimum atomic E-state index is -3.75. The van der Waals surface area contributed by atoms with Crippen LogP contribution in [0.5, 0.6) is 0 Å². The lowest BCUT2D eigenvalue weighted by Crippen LogP contribution is -2.31. The Hall–Kier alpha value is -1.00. The molecule has 0 aliphatic heterocycles. The normalized spacial score (nSPS) is 14.0. The van der Waals surface area contributed by atoms with Crippen LogP contribution < -0.4 is 15.2 Å². The predicted octanol–water partition coefficient (Wildman–Crippen LogP) is -0.0761. The van der Waals surface area contributed by atoms with Crippen molar-refractivity contribution in [2.45, 2.75) is 24.3 Å². The van der Waals surface area contributed by atoms with Gasteiger partial charge in [-0.15, -0.1) is 0 Å². The molecule has 0 saturated heterocycles. The molecule has 0 spiro atoms. The third-order valence-electron chi connectivity index (χ3n) is 3.01. The van der Waals surface area contributed by atoms with Gasteiger partial charge in [0, 0.05) is 12.6 Å². The van der Waals surface area contributed by atoms with Gasteiger partial charge in [0.25, 0.3) is 0 Å². The fraction of sp³-hybridized carbons (Fsp3) is 0.500. The van der Waals surface area contributed by atoms with Gasteiger partial charge in [0.05, 0.1) is 10.6 Å². The molecule has 21 heavy (non-hydrogen) atoms. The van der Waals surface area contributed by atoms with E-state index in [-0.39, 0.29) is 17.5 Å². The summed E-state index contributed by atoms with van der Waals surface area (Å²) in [5.74, 6) is -0.444. The van der Waals surface area contributed by atoms with E-state index in [1.807, 2.05) is 13.0 Å². The molecule has 0 fully saturated rings. The maximum atomic E-state index is 12.1. The number of nitrogens with two attached hydrogens (primary N) is 1. The van der Waals surface area contributed by atoms with Gasteiger partial charge in [-0.2, -0.15) is 0 Å². The van der Waals surface area contributed by atoms with Gasteiger partial charge in [-0.25, -0.2) is 26.7 Å². The lowest BCUT2D eigenvalue weighted by molar-refractivity contribution is 0.571. The molecule has 0 saturated carbocycles. The van der Waals surface area contributed by atoms with E-state index in [4.69, 9.17) is 5.14 Å². The minimum absolute atomic E-state index is 0.0598. The van der Waals surface area contributed by atoms with Crippen LogP contribution in [0.15, 0.2) is 29.2 Å². The maximum absolute atomic E-state index is 12.1. The zero-order valence-corrected chi connectivity index (χ0v) is 13.7. The van der Waals surface area contributed by atoms with Crippen molar-refractivity contribution in [3.63, 3.8) is 0 Å². The van der Waals surface area contributed by atoms with E-state index in [0.717, 1.165) is 12.0 Å². The fourth-order valence-electron chi connectivity index (χ4n) is 1.91. The Kier molecular flexibility index (Phi) is 6.29. The number of sulfonamides is 2. The second-order valence-corrected chi connectivity index (χ2v) is 8.09. The third-order valence-corrected chi connectivity index (χ3v) is 5.24. The van der Waals surface area contributed by atoms with Crippen LogP contribution in [-0.2, 0) is 20.0 Å². The van der Waals surface area contributed by atoms with E-state index in [1.54, 1.807) is 19.2 Å². The van der Waals surface area contributed by atoms with Gasteiger partial charge < -0.3 is 5.32 Å². The molecule has 9 heteroatoms. The number of nitrogens with one attached hydrogen (secondary N) is 2. The van der Waals surface area contributed by atoms with E-state index in [0.29, 0.717) is 0 Å². The molecule has 0 aliphatic carbocycles. The van der Waals surface area contributed by atoms with Crippen molar-refractivity contribution >= 4 is 20.0 Å². The Bertz CT molecular complexity index is 667. The summed E-state index contributed by atoms with van der Waals surface area (Å²) in [6, 6.07) is 6.59. The molecule has 1 aromatic carbocycles. The molecule has 1 atom stereocenters. The summed E-state index contributed by atoms with van der Waals surface area (Å²) >= 11 is 0. The molecule has 0 radical (unpaired) electrons. The van der Waals surface area contributed by atoms with E-state index in [2.05, 4.69) is 10.0 Å². The molecule has 1 unspecified atom stereocenters. The van der Waals surface area contributed by atoms with Crippen LogP contribution in [0.3, 0.4) is 0 Å². The largest absolute Gasteiger partial charge is 0.313 e. The van der Waals surface area contributed by atoms with Crippen LogP contribution in [0.25, 0.3) is 0 Å². The molecule has 4 N–H and O–H groups in total. The molecule has 0 aromatic heterocycles. The topological polar surface area (TPSA) is 118 Å².